The Morgan fingerprint density at radius 3 is 2.70 bits per heavy atom. The lowest BCUT2D eigenvalue weighted by Gasteiger charge is -2.52. The van der Waals surface area contributed by atoms with Crippen molar-refractivity contribution in [2.45, 2.75) is 58.4 Å². The van der Waals surface area contributed by atoms with Crippen LogP contribution in [0.5, 0.6) is 0 Å². The van der Waals surface area contributed by atoms with Gasteiger partial charge >= 0.3 is 0 Å². The monoisotopic (exact) mass is 274 g/mol. The molecule has 1 aromatic carbocycles. The first-order chi connectivity index (χ1) is 9.67. The average molecular weight is 274 g/mol. The minimum atomic E-state index is 0.162. The maximum Gasteiger partial charge on any atom is 0.0552 e. The van der Waals surface area contributed by atoms with Crippen molar-refractivity contribution in [3.8, 4) is 0 Å². The van der Waals surface area contributed by atoms with Crippen LogP contribution in [0.4, 0.5) is 5.69 Å². The number of likely N-dealkylation sites (N-methyl/N-ethyl adjacent to an activating group) is 1. The van der Waals surface area contributed by atoms with Crippen molar-refractivity contribution in [2.24, 2.45) is 11.7 Å². The molecular formula is C18H30N2. The summed E-state index contributed by atoms with van der Waals surface area (Å²) in [6.07, 6.45) is 6.49. The molecule has 2 unspecified atom stereocenters. The highest BCUT2D eigenvalue weighted by molar-refractivity contribution is 5.51. The highest BCUT2D eigenvalue weighted by Crippen LogP contribution is 2.42. The highest BCUT2D eigenvalue weighted by Gasteiger charge is 2.43. The molecule has 2 rings (SSSR count). The van der Waals surface area contributed by atoms with Gasteiger partial charge in [-0.15, -0.1) is 0 Å². The molecule has 1 aliphatic rings. The summed E-state index contributed by atoms with van der Waals surface area (Å²) >= 11 is 0. The predicted octanol–water partition coefficient (Wildman–Crippen LogP) is 4.12. The Labute approximate surface area is 124 Å². The van der Waals surface area contributed by atoms with E-state index in [0.29, 0.717) is 0 Å². The Hall–Kier alpha value is -1.02. The normalized spacial score (nSPS) is 26.5. The second kappa shape index (κ2) is 6.62. The summed E-state index contributed by atoms with van der Waals surface area (Å²) in [5, 5.41) is 0. The summed E-state index contributed by atoms with van der Waals surface area (Å²) in [6.45, 7) is 8.57. The molecule has 0 heterocycles. The van der Waals surface area contributed by atoms with Gasteiger partial charge in [-0.2, -0.15) is 0 Å². The standard InChI is InChI=1S/C18H30N2/c1-4-16-10-6-7-12-18(16,14-19)20(5-2)17-11-8-9-15(3)13-17/h8-9,11,13,16H,4-7,10,12,14,19H2,1-3H3. The predicted molar refractivity (Wildman–Crippen MR) is 88.2 cm³/mol. The first kappa shape index (κ1) is 15.4. The van der Waals surface area contributed by atoms with E-state index >= 15 is 0 Å². The molecule has 2 nitrogen and oxygen atoms in total. The topological polar surface area (TPSA) is 29.3 Å². The molecule has 0 spiro atoms. The van der Waals surface area contributed by atoms with Crippen LogP contribution in [-0.4, -0.2) is 18.6 Å². The highest BCUT2D eigenvalue weighted by atomic mass is 15.2. The molecular weight excluding hydrogens is 244 g/mol. The largest absolute Gasteiger partial charge is 0.365 e. The van der Waals surface area contributed by atoms with E-state index in [9.17, 15) is 0 Å². The van der Waals surface area contributed by atoms with E-state index in [1.165, 1.54) is 43.4 Å². The molecule has 2 heteroatoms. The van der Waals surface area contributed by atoms with Gasteiger partial charge in [-0.3, -0.25) is 0 Å². The summed E-state index contributed by atoms with van der Waals surface area (Å²) in [5.74, 6) is 0.724. The quantitative estimate of drug-likeness (QED) is 0.875. The van der Waals surface area contributed by atoms with Gasteiger partial charge in [0.05, 0.1) is 5.54 Å². The van der Waals surface area contributed by atoms with Crippen LogP contribution in [0.3, 0.4) is 0 Å². The van der Waals surface area contributed by atoms with E-state index in [2.05, 4.69) is 49.9 Å². The number of benzene rings is 1. The molecule has 0 radical (unpaired) electrons. The molecule has 0 saturated heterocycles. The van der Waals surface area contributed by atoms with Gasteiger partial charge in [-0.25, -0.2) is 0 Å². The lowest BCUT2D eigenvalue weighted by molar-refractivity contribution is 0.177. The molecule has 1 saturated carbocycles. The minimum absolute atomic E-state index is 0.162. The summed E-state index contributed by atoms with van der Waals surface area (Å²) in [6, 6.07) is 8.89. The van der Waals surface area contributed by atoms with Gasteiger partial charge in [0.1, 0.15) is 0 Å². The smallest absolute Gasteiger partial charge is 0.0552 e. The van der Waals surface area contributed by atoms with Crippen LogP contribution in [0.15, 0.2) is 24.3 Å². The van der Waals surface area contributed by atoms with Crippen LogP contribution in [0.25, 0.3) is 0 Å². The van der Waals surface area contributed by atoms with Crippen molar-refractivity contribution in [2.75, 3.05) is 18.0 Å². The molecule has 2 N–H and O–H groups in total. The first-order valence-corrected chi connectivity index (χ1v) is 8.22. The van der Waals surface area contributed by atoms with Crippen molar-refractivity contribution >= 4 is 5.69 Å². The Morgan fingerprint density at radius 1 is 1.30 bits per heavy atom. The van der Waals surface area contributed by atoms with Gasteiger partial charge in [-0.1, -0.05) is 38.3 Å². The van der Waals surface area contributed by atoms with Gasteiger partial charge in [-0.05, 0) is 50.3 Å². The lowest BCUT2D eigenvalue weighted by atomic mass is 9.70. The van der Waals surface area contributed by atoms with Crippen molar-refractivity contribution in [1.29, 1.82) is 0 Å². The number of nitrogens with two attached hydrogens (primary N) is 1. The lowest BCUT2D eigenvalue weighted by Crippen LogP contribution is -2.60. The van der Waals surface area contributed by atoms with Gasteiger partial charge < -0.3 is 10.6 Å². The van der Waals surface area contributed by atoms with Crippen molar-refractivity contribution in [3.63, 3.8) is 0 Å². The first-order valence-electron chi connectivity index (χ1n) is 8.22. The minimum Gasteiger partial charge on any atom is -0.365 e. The second-order valence-electron chi connectivity index (χ2n) is 6.24. The molecule has 0 bridgehead atoms. The molecule has 1 aliphatic carbocycles. The number of hydrogen-bond donors (Lipinski definition) is 1. The fourth-order valence-corrected chi connectivity index (χ4v) is 4.16. The Kier molecular flexibility index (Phi) is 5.09. The van der Waals surface area contributed by atoms with E-state index in [1.54, 1.807) is 0 Å². The SMILES string of the molecule is CCC1CCCCC1(CN)N(CC)c1cccc(C)c1. The maximum absolute atomic E-state index is 6.31. The second-order valence-corrected chi connectivity index (χ2v) is 6.24. The Morgan fingerprint density at radius 2 is 2.10 bits per heavy atom. The zero-order valence-corrected chi connectivity index (χ0v) is 13.4. The fourth-order valence-electron chi connectivity index (χ4n) is 4.16. The molecule has 20 heavy (non-hydrogen) atoms. The molecule has 112 valence electrons. The summed E-state index contributed by atoms with van der Waals surface area (Å²) in [7, 11) is 0. The third-order valence-corrected chi connectivity index (χ3v) is 5.19. The van der Waals surface area contributed by atoms with E-state index in [-0.39, 0.29) is 5.54 Å². The number of hydrogen-bond acceptors (Lipinski definition) is 2. The Bertz CT molecular complexity index is 429. The van der Waals surface area contributed by atoms with E-state index < -0.39 is 0 Å². The molecule has 2 atom stereocenters. The van der Waals surface area contributed by atoms with Crippen molar-refractivity contribution in [3.05, 3.63) is 29.8 Å². The number of aryl methyl sites for hydroxylation is 1. The van der Waals surface area contributed by atoms with Crippen LogP contribution in [0.1, 0.15) is 51.5 Å². The molecule has 1 fully saturated rings. The fraction of sp³-hybridized carbons (Fsp3) is 0.667. The molecule has 1 aromatic rings. The van der Waals surface area contributed by atoms with Crippen molar-refractivity contribution in [1.82, 2.24) is 0 Å². The third-order valence-electron chi connectivity index (χ3n) is 5.19. The van der Waals surface area contributed by atoms with Gasteiger partial charge in [0.2, 0.25) is 0 Å². The summed E-state index contributed by atoms with van der Waals surface area (Å²) < 4.78 is 0. The van der Waals surface area contributed by atoms with Crippen LogP contribution in [0.2, 0.25) is 0 Å². The van der Waals surface area contributed by atoms with Gasteiger partial charge in [0.25, 0.3) is 0 Å². The van der Waals surface area contributed by atoms with E-state index in [4.69, 9.17) is 5.73 Å². The summed E-state index contributed by atoms with van der Waals surface area (Å²) in [5.41, 5.74) is 9.15. The van der Waals surface area contributed by atoms with E-state index in [1.807, 2.05) is 0 Å². The number of anilines is 1. The van der Waals surface area contributed by atoms with Crippen LogP contribution < -0.4 is 10.6 Å². The van der Waals surface area contributed by atoms with Crippen LogP contribution >= 0.6 is 0 Å². The third kappa shape index (κ3) is 2.71. The van der Waals surface area contributed by atoms with Crippen LogP contribution in [-0.2, 0) is 0 Å². The number of rotatable bonds is 5. The van der Waals surface area contributed by atoms with Crippen molar-refractivity contribution < 1.29 is 0 Å². The molecule has 0 amide bonds. The zero-order chi connectivity index (χ0) is 14.6. The molecule has 0 aliphatic heterocycles. The average Bonchev–Trinajstić information content (AvgIpc) is 2.48. The summed E-state index contributed by atoms with van der Waals surface area (Å²) in [4.78, 5) is 2.59. The zero-order valence-electron chi connectivity index (χ0n) is 13.4. The maximum atomic E-state index is 6.31. The van der Waals surface area contributed by atoms with Gasteiger partial charge in [0, 0.05) is 18.8 Å². The number of nitrogens with zero attached hydrogens (tertiary/aromatic N) is 1. The van der Waals surface area contributed by atoms with Crippen LogP contribution in [0, 0.1) is 12.8 Å². The Balaban J connectivity index is 2.40. The van der Waals surface area contributed by atoms with Gasteiger partial charge in [0.15, 0.2) is 0 Å². The van der Waals surface area contributed by atoms with E-state index in [0.717, 1.165) is 19.0 Å². The molecule has 0 aromatic heterocycles.